The first-order chi connectivity index (χ1) is 7.70. The summed E-state index contributed by atoms with van der Waals surface area (Å²) in [5.74, 6) is 0.275. The number of halogens is 1. The SMILES string of the molecule is CN(c1ccc(Cl)s1)C1CCC(C#N)CC1. The van der Waals surface area contributed by atoms with E-state index in [1.807, 2.05) is 6.07 Å². The fourth-order valence-electron chi connectivity index (χ4n) is 2.27. The monoisotopic (exact) mass is 254 g/mol. The molecular weight excluding hydrogens is 240 g/mol. The molecule has 1 aromatic rings. The van der Waals surface area contributed by atoms with Gasteiger partial charge in [-0.3, -0.25) is 0 Å². The van der Waals surface area contributed by atoms with Crippen molar-refractivity contribution in [2.24, 2.45) is 5.92 Å². The lowest BCUT2D eigenvalue weighted by Crippen LogP contribution is -2.34. The lowest BCUT2D eigenvalue weighted by molar-refractivity contribution is 0.373. The maximum atomic E-state index is 8.86. The molecule has 1 aliphatic carbocycles. The van der Waals surface area contributed by atoms with Crippen LogP contribution in [0.15, 0.2) is 12.1 Å². The highest BCUT2D eigenvalue weighted by atomic mass is 35.5. The molecule has 0 radical (unpaired) electrons. The van der Waals surface area contributed by atoms with Gasteiger partial charge in [0.1, 0.15) is 0 Å². The van der Waals surface area contributed by atoms with Crippen LogP contribution in [-0.2, 0) is 0 Å². The van der Waals surface area contributed by atoms with E-state index in [9.17, 15) is 0 Å². The Morgan fingerprint density at radius 1 is 1.38 bits per heavy atom. The van der Waals surface area contributed by atoms with Crippen molar-refractivity contribution < 1.29 is 0 Å². The number of hydrogen-bond acceptors (Lipinski definition) is 3. The topological polar surface area (TPSA) is 27.0 Å². The predicted octanol–water partition coefficient (Wildman–Crippen LogP) is 3.92. The Labute approximate surface area is 105 Å². The normalized spacial score (nSPS) is 25.1. The number of anilines is 1. The number of thiophene rings is 1. The lowest BCUT2D eigenvalue weighted by atomic mass is 9.86. The van der Waals surface area contributed by atoms with Crippen molar-refractivity contribution in [3.8, 4) is 6.07 Å². The van der Waals surface area contributed by atoms with Gasteiger partial charge in [0.25, 0.3) is 0 Å². The van der Waals surface area contributed by atoms with Gasteiger partial charge in [-0.25, -0.2) is 0 Å². The minimum Gasteiger partial charge on any atom is -0.363 e. The van der Waals surface area contributed by atoms with Gasteiger partial charge in [-0.2, -0.15) is 5.26 Å². The largest absolute Gasteiger partial charge is 0.363 e. The summed E-state index contributed by atoms with van der Waals surface area (Å²) in [5.41, 5.74) is 0. The average Bonchev–Trinajstić information content (AvgIpc) is 2.75. The first kappa shape index (κ1) is 11.8. The molecular formula is C12H15ClN2S. The van der Waals surface area contributed by atoms with Gasteiger partial charge >= 0.3 is 0 Å². The molecule has 0 aliphatic heterocycles. The van der Waals surface area contributed by atoms with E-state index >= 15 is 0 Å². The molecule has 1 saturated carbocycles. The third-order valence-corrected chi connectivity index (χ3v) is 4.66. The van der Waals surface area contributed by atoms with Crippen molar-refractivity contribution in [2.75, 3.05) is 11.9 Å². The summed E-state index contributed by atoms with van der Waals surface area (Å²) in [5, 5.41) is 10.1. The van der Waals surface area contributed by atoms with Gasteiger partial charge < -0.3 is 4.90 Å². The Morgan fingerprint density at radius 3 is 2.56 bits per heavy atom. The molecule has 0 bridgehead atoms. The van der Waals surface area contributed by atoms with E-state index in [-0.39, 0.29) is 5.92 Å². The van der Waals surface area contributed by atoms with Gasteiger partial charge in [-0.15, -0.1) is 11.3 Å². The second kappa shape index (κ2) is 5.07. The highest BCUT2D eigenvalue weighted by Gasteiger charge is 2.24. The number of hydrogen-bond donors (Lipinski definition) is 0. The van der Waals surface area contributed by atoms with Crippen molar-refractivity contribution in [1.29, 1.82) is 5.26 Å². The standard InChI is InChI=1S/C12H15ClN2S/c1-15(12-7-6-11(13)16-12)10-4-2-9(8-14)3-5-10/h6-7,9-10H,2-5H2,1H3. The quantitative estimate of drug-likeness (QED) is 0.800. The Hall–Kier alpha value is -0.720. The molecule has 1 aliphatic rings. The lowest BCUT2D eigenvalue weighted by Gasteiger charge is -2.33. The zero-order valence-corrected chi connectivity index (χ0v) is 10.9. The first-order valence-corrected chi connectivity index (χ1v) is 6.78. The molecule has 1 heterocycles. The van der Waals surface area contributed by atoms with E-state index in [2.05, 4.69) is 24.1 Å². The molecule has 0 amide bonds. The van der Waals surface area contributed by atoms with Crippen LogP contribution in [0.5, 0.6) is 0 Å². The van der Waals surface area contributed by atoms with E-state index in [1.54, 1.807) is 11.3 Å². The summed E-state index contributed by atoms with van der Waals surface area (Å²) in [7, 11) is 2.12. The number of rotatable bonds is 2. The molecule has 0 saturated heterocycles. The van der Waals surface area contributed by atoms with Gasteiger partial charge in [0, 0.05) is 19.0 Å². The third kappa shape index (κ3) is 2.50. The molecule has 0 spiro atoms. The van der Waals surface area contributed by atoms with Gasteiger partial charge in [0.2, 0.25) is 0 Å². The molecule has 86 valence electrons. The summed E-state index contributed by atoms with van der Waals surface area (Å²) in [6.07, 6.45) is 4.30. The van der Waals surface area contributed by atoms with Crippen molar-refractivity contribution in [2.45, 2.75) is 31.7 Å². The van der Waals surface area contributed by atoms with E-state index in [0.29, 0.717) is 6.04 Å². The van der Waals surface area contributed by atoms with Gasteiger partial charge in [-0.1, -0.05) is 11.6 Å². The number of nitriles is 1. The van der Waals surface area contributed by atoms with Crippen LogP contribution in [-0.4, -0.2) is 13.1 Å². The summed E-state index contributed by atoms with van der Waals surface area (Å²) in [4.78, 5) is 2.31. The van der Waals surface area contributed by atoms with Crippen LogP contribution < -0.4 is 4.90 Å². The molecule has 0 aromatic carbocycles. The molecule has 0 unspecified atom stereocenters. The Kier molecular flexibility index (Phi) is 3.73. The highest BCUT2D eigenvalue weighted by Crippen LogP contribution is 2.34. The van der Waals surface area contributed by atoms with Crippen LogP contribution >= 0.6 is 22.9 Å². The highest BCUT2D eigenvalue weighted by molar-refractivity contribution is 7.19. The molecule has 4 heteroatoms. The van der Waals surface area contributed by atoms with Crippen LogP contribution in [0, 0.1) is 17.2 Å². The summed E-state index contributed by atoms with van der Waals surface area (Å²) in [6.45, 7) is 0. The fraction of sp³-hybridized carbons (Fsp3) is 0.583. The van der Waals surface area contributed by atoms with E-state index in [4.69, 9.17) is 16.9 Å². The predicted molar refractivity (Wildman–Crippen MR) is 69.1 cm³/mol. The molecule has 2 rings (SSSR count). The minimum atomic E-state index is 0.275. The Morgan fingerprint density at radius 2 is 2.06 bits per heavy atom. The van der Waals surface area contributed by atoms with Crippen LogP contribution in [0.25, 0.3) is 0 Å². The summed E-state index contributed by atoms with van der Waals surface area (Å²) >= 11 is 7.56. The van der Waals surface area contributed by atoms with Crippen LogP contribution in [0.2, 0.25) is 4.34 Å². The van der Waals surface area contributed by atoms with E-state index < -0.39 is 0 Å². The number of nitrogens with zero attached hydrogens (tertiary/aromatic N) is 2. The van der Waals surface area contributed by atoms with E-state index in [1.165, 1.54) is 5.00 Å². The average molecular weight is 255 g/mol. The van der Waals surface area contributed by atoms with Crippen molar-refractivity contribution >= 4 is 27.9 Å². The van der Waals surface area contributed by atoms with Gasteiger partial charge in [0.15, 0.2) is 0 Å². The van der Waals surface area contributed by atoms with Crippen LogP contribution in [0.3, 0.4) is 0 Å². The van der Waals surface area contributed by atoms with Gasteiger partial charge in [0.05, 0.1) is 15.4 Å². The molecule has 16 heavy (non-hydrogen) atoms. The molecule has 0 N–H and O–H groups in total. The zero-order chi connectivity index (χ0) is 11.5. The molecule has 0 atom stereocenters. The van der Waals surface area contributed by atoms with Crippen molar-refractivity contribution in [3.05, 3.63) is 16.5 Å². The molecule has 2 nitrogen and oxygen atoms in total. The summed E-state index contributed by atoms with van der Waals surface area (Å²) in [6, 6.07) is 6.96. The fourth-order valence-corrected chi connectivity index (χ4v) is 3.33. The van der Waals surface area contributed by atoms with Crippen LogP contribution in [0.4, 0.5) is 5.00 Å². The maximum absolute atomic E-state index is 8.86. The molecule has 1 fully saturated rings. The van der Waals surface area contributed by atoms with Crippen molar-refractivity contribution in [1.82, 2.24) is 0 Å². The van der Waals surface area contributed by atoms with Crippen LogP contribution in [0.1, 0.15) is 25.7 Å². The summed E-state index contributed by atoms with van der Waals surface area (Å²) < 4.78 is 0.840. The van der Waals surface area contributed by atoms with E-state index in [0.717, 1.165) is 30.0 Å². The maximum Gasteiger partial charge on any atom is 0.0950 e. The Balaban J connectivity index is 1.97. The zero-order valence-electron chi connectivity index (χ0n) is 9.32. The second-order valence-corrected chi connectivity index (χ2v) is 6.02. The smallest absolute Gasteiger partial charge is 0.0950 e. The molecule has 1 aromatic heterocycles. The Bertz CT molecular complexity index is 388. The van der Waals surface area contributed by atoms with Gasteiger partial charge in [-0.05, 0) is 37.8 Å². The minimum absolute atomic E-state index is 0.275. The second-order valence-electron chi connectivity index (χ2n) is 4.32. The third-order valence-electron chi connectivity index (χ3n) is 3.33. The van der Waals surface area contributed by atoms with Crippen molar-refractivity contribution in [3.63, 3.8) is 0 Å². The first-order valence-electron chi connectivity index (χ1n) is 5.58.